The largest absolute Gasteiger partial charge is 0.359 e. The number of carbonyl (C=O) groups excluding carboxylic acids is 3. The van der Waals surface area contributed by atoms with Crippen molar-refractivity contribution in [3.05, 3.63) is 29.8 Å². The van der Waals surface area contributed by atoms with Gasteiger partial charge in [0.05, 0.1) is 6.42 Å². The van der Waals surface area contributed by atoms with Gasteiger partial charge in [0.1, 0.15) is 5.71 Å². The number of carbonyl (C=O) groups is 3. The molecule has 0 aliphatic carbocycles. The molecule has 7 heteroatoms. The summed E-state index contributed by atoms with van der Waals surface area (Å²) in [5, 5.41) is 9.00. The molecule has 21 heavy (non-hydrogen) atoms. The first-order valence-corrected chi connectivity index (χ1v) is 6.55. The summed E-state index contributed by atoms with van der Waals surface area (Å²) >= 11 is 0. The van der Waals surface area contributed by atoms with Crippen LogP contribution in [0.4, 0.5) is 5.69 Å². The normalized spacial score (nSPS) is 14.0. The van der Waals surface area contributed by atoms with Crippen LogP contribution in [-0.2, 0) is 20.8 Å². The van der Waals surface area contributed by atoms with E-state index >= 15 is 0 Å². The van der Waals surface area contributed by atoms with Crippen molar-refractivity contribution in [3.8, 4) is 0 Å². The van der Waals surface area contributed by atoms with Crippen LogP contribution in [0.25, 0.3) is 0 Å². The first kappa shape index (κ1) is 14.7. The summed E-state index contributed by atoms with van der Waals surface area (Å²) in [5.74, 6) is -0.718. The van der Waals surface area contributed by atoms with E-state index in [2.05, 4.69) is 21.2 Å². The Labute approximate surface area is 121 Å². The second-order valence-electron chi connectivity index (χ2n) is 4.55. The van der Waals surface area contributed by atoms with Crippen LogP contribution >= 0.6 is 0 Å². The number of para-hydroxylation sites is 1. The van der Waals surface area contributed by atoms with E-state index in [0.717, 1.165) is 0 Å². The van der Waals surface area contributed by atoms with E-state index in [0.29, 0.717) is 17.7 Å². The molecule has 1 aliphatic rings. The molecule has 7 nitrogen and oxygen atoms in total. The lowest BCUT2D eigenvalue weighted by Crippen LogP contribution is -2.33. The van der Waals surface area contributed by atoms with E-state index in [1.807, 2.05) is 0 Å². The molecule has 110 valence electrons. The number of hydrazone groups is 1. The van der Waals surface area contributed by atoms with Crippen LogP contribution in [0.2, 0.25) is 0 Å². The van der Waals surface area contributed by atoms with Crippen LogP contribution in [0, 0.1) is 0 Å². The molecule has 3 amide bonds. The number of anilines is 1. The van der Waals surface area contributed by atoms with Gasteiger partial charge in [-0.2, -0.15) is 5.10 Å². The fraction of sp³-hybridized carbons (Fsp3) is 0.286. The number of benzene rings is 1. The van der Waals surface area contributed by atoms with Crippen molar-refractivity contribution in [1.82, 2.24) is 10.7 Å². The highest BCUT2D eigenvalue weighted by atomic mass is 16.2. The minimum Gasteiger partial charge on any atom is -0.359 e. The van der Waals surface area contributed by atoms with Crippen molar-refractivity contribution < 1.29 is 14.4 Å². The molecule has 1 aliphatic heterocycles. The molecule has 0 unspecified atom stereocenters. The quantitative estimate of drug-likeness (QED) is 0.737. The van der Waals surface area contributed by atoms with E-state index in [4.69, 9.17) is 0 Å². The molecule has 0 spiro atoms. The molecule has 1 aromatic carbocycles. The van der Waals surface area contributed by atoms with Gasteiger partial charge in [0.2, 0.25) is 11.8 Å². The summed E-state index contributed by atoms with van der Waals surface area (Å²) in [6.45, 7) is 0. The summed E-state index contributed by atoms with van der Waals surface area (Å²) in [5.41, 5.74) is 3.82. The Balaban J connectivity index is 2.10. The maximum atomic E-state index is 12.1. The van der Waals surface area contributed by atoms with E-state index < -0.39 is 0 Å². The van der Waals surface area contributed by atoms with Gasteiger partial charge in [-0.15, -0.1) is 0 Å². The van der Waals surface area contributed by atoms with Gasteiger partial charge in [0.25, 0.3) is 5.91 Å². The van der Waals surface area contributed by atoms with Crippen molar-refractivity contribution in [2.45, 2.75) is 19.3 Å². The smallest absolute Gasteiger partial charge is 0.271 e. The number of rotatable bonds is 4. The predicted octanol–water partition coefficient (Wildman–Crippen LogP) is 0.180. The lowest BCUT2D eigenvalue weighted by molar-refractivity contribution is -0.121. The van der Waals surface area contributed by atoms with Crippen LogP contribution in [0.1, 0.15) is 18.4 Å². The Morgan fingerprint density at radius 3 is 2.71 bits per heavy atom. The summed E-state index contributed by atoms with van der Waals surface area (Å²) in [7, 11) is 1.56. The van der Waals surface area contributed by atoms with Crippen LogP contribution in [0.5, 0.6) is 0 Å². The molecule has 0 saturated heterocycles. The highest BCUT2D eigenvalue weighted by Gasteiger charge is 2.19. The fourth-order valence-corrected chi connectivity index (χ4v) is 1.89. The van der Waals surface area contributed by atoms with Crippen LogP contribution < -0.4 is 16.1 Å². The molecule has 0 aromatic heterocycles. The molecule has 0 bridgehead atoms. The molecule has 0 fully saturated rings. The number of amides is 3. The van der Waals surface area contributed by atoms with E-state index in [9.17, 15) is 14.4 Å². The molecule has 0 radical (unpaired) electrons. The van der Waals surface area contributed by atoms with Gasteiger partial charge < -0.3 is 10.6 Å². The Morgan fingerprint density at radius 1 is 1.29 bits per heavy atom. The number of hydrogen-bond donors (Lipinski definition) is 3. The minimum atomic E-state index is -0.376. The molecular weight excluding hydrogens is 272 g/mol. The van der Waals surface area contributed by atoms with Crippen molar-refractivity contribution in [1.29, 1.82) is 0 Å². The van der Waals surface area contributed by atoms with Crippen molar-refractivity contribution >= 4 is 29.1 Å². The monoisotopic (exact) mass is 288 g/mol. The van der Waals surface area contributed by atoms with Gasteiger partial charge >= 0.3 is 0 Å². The molecule has 0 saturated carbocycles. The summed E-state index contributed by atoms with van der Waals surface area (Å²) < 4.78 is 0. The zero-order chi connectivity index (χ0) is 15.2. The van der Waals surface area contributed by atoms with Crippen LogP contribution in [-0.4, -0.2) is 30.5 Å². The standard InChI is InChI=1S/C14H16N4O3/c1-15-13(20)8-9-4-2-3-5-10(9)16-14(21)11-6-7-12(19)18-17-11/h2-5H,6-8H2,1H3,(H,15,20)(H,16,21)(H,18,19). The van der Waals surface area contributed by atoms with Crippen molar-refractivity contribution in [3.63, 3.8) is 0 Å². The van der Waals surface area contributed by atoms with Gasteiger partial charge in [0, 0.05) is 25.6 Å². The first-order chi connectivity index (χ1) is 10.1. The number of likely N-dealkylation sites (N-methyl/N-ethyl adjacent to an activating group) is 1. The summed E-state index contributed by atoms with van der Waals surface area (Å²) in [6, 6.07) is 7.06. The van der Waals surface area contributed by atoms with Gasteiger partial charge in [-0.3, -0.25) is 14.4 Å². The second kappa shape index (κ2) is 6.65. The third kappa shape index (κ3) is 3.88. The number of hydrogen-bond acceptors (Lipinski definition) is 4. The van der Waals surface area contributed by atoms with E-state index in [-0.39, 0.29) is 36.3 Å². The predicted molar refractivity (Wildman–Crippen MR) is 77.7 cm³/mol. The zero-order valence-electron chi connectivity index (χ0n) is 11.6. The lowest BCUT2D eigenvalue weighted by Gasteiger charge is -2.14. The summed E-state index contributed by atoms with van der Waals surface area (Å²) in [6.07, 6.45) is 0.720. The topological polar surface area (TPSA) is 99.7 Å². The SMILES string of the molecule is CNC(=O)Cc1ccccc1NC(=O)C1=NNC(=O)CC1. The highest BCUT2D eigenvalue weighted by molar-refractivity contribution is 6.43. The Morgan fingerprint density at radius 2 is 2.05 bits per heavy atom. The Kier molecular flexibility index (Phi) is 4.65. The molecule has 1 heterocycles. The van der Waals surface area contributed by atoms with Crippen LogP contribution in [0.3, 0.4) is 0 Å². The van der Waals surface area contributed by atoms with Crippen molar-refractivity contribution in [2.75, 3.05) is 12.4 Å². The lowest BCUT2D eigenvalue weighted by atomic mass is 10.1. The third-order valence-corrected chi connectivity index (χ3v) is 3.06. The average molecular weight is 288 g/mol. The minimum absolute atomic E-state index is 0.140. The third-order valence-electron chi connectivity index (χ3n) is 3.06. The molecule has 2 rings (SSSR count). The van der Waals surface area contributed by atoms with Crippen molar-refractivity contribution in [2.24, 2.45) is 5.10 Å². The maximum Gasteiger partial charge on any atom is 0.271 e. The average Bonchev–Trinajstić information content (AvgIpc) is 2.49. The number of nitrogens with zero attached hydrogens (tertiary/aromatic N) is 1. The molecule has 1 aromatic rings. The molecular formula is C14H16N4O3. The Bertz CT molecular complexity index is 610. The van der Waals surface area contributed by atoms with Gasteiger partial charge in [-0.25, -0.2) is 5.43 Å². The Hall–Kier alpha value is -2.70. The molecule has 3 N–H and O–H groups in total. The van der Waals surface area contributed by atoms with E-state index in [1.165, 1.54) is 0 Å². The van der Waals surface area contributed by atoms with Gasteiger partial charge in [0.15, 0.2) is 0 Å². The summed E-state index contributed by atoms with van der Waals surface area (Å²) in [4.78, 5) is 34.6. The van der Waals surface area contributed by atoms with Gasteiger partial charge in [-0.05, 0) is 11.6 Å². The van der Waals surface area contributed by atoms with Crippen LogP contribution in [0.15, 0.2) is 29.4 Å². The highest BCUT2D eigenvalue weighted by Crippen LogP contribution is 2.16. The van der Waals surface area contributed by atoms with Gasteiger partial charge in [-0.1, -0.05) is 18.2 Å². The number of nitrogens with one attached hydrogen (secondary N) is 3. The first-order valence-electron chi connectivity index (χ1n) is 6.55. The molecule has 0 atom stereocenters. The van der Waals surface area contributed by atoms with E-state index in [1.54, 1.807) is 31.3 Å². The zero-order valence-corrected chi connectivity index (χ0v) is 11.6. The second-order valence-corrected chi connectivity index (χ2v) is 4.55. The maximum absolute atomic E-state index is 12.1. The fourth-order valence-electron chi connectivity index (χ4n) is 1.89.